The first-order valence-electron chi connectivity index (χ1n) is 7.25. The summed E-state index contributed by atoms with van der Waals surface area (Å²) < 4.78 is 32.3. The molecule has 0 N–H and O–H groups in total. The SMILES string of the molecule is COc1ccc(S(=O)(=O)N2CC(C)C(=O)c3ccccc32)cc1. The van der Waals surface area contributed by atoms with Gasteiger partial charge in [0.1, 0.15) is 5.75 Å². The van der Waals surface area contributed by atoms with Crippen LogP contribution in [0.4, 0.5) is 5.69 Å². The van der Waals surface area contributed by atoms with Crippen LogP contribution in [0.25, 0.3) is 0 Å². The Balaban J connectivity index is 2.09. The van der Waals surface area contributed by atoms with Crippen molar-refractivity contribution in [3.05, 3.63) is 54.1 Å². The van der Waals surface area contributed by atoms with Gasteiger partial charge in [0.05, 0.1) is 17.7 Å². The van der Waals surface area contributed by atoms with Gasteiger partial charge in [-0.25, -0.2) is 8.42 Å². The summed E-state index contributed by atoms with van der Waals surface area (Å²) in [4.78, 5) is 12.4. The van der Waals surface area contributed by atoms with E-state index >= 15 is 0 Å². The third-order valence-corrected chi connectivity index (χ3v) is 5.77. The monoisotopic (exact) mass is 331 g/mol. The Morgan fingerprint density at radius 3 is 2.39 bits per heavy atom. The van der Waals surface area contributed by atoms with Crippen molar-refractivity contribution in [1.82, 2.24) is 0 Å². The summed E-state index contributed by atoms with van der Waals surface area (Å²) in [6, 6.07) is 13.1. The lowest BCUT2D eigenvalue weighted by Crippen LogP contribution is -2.41. The zero-order valence-electron chi connectivity index (χ0n) is 12.9. The third-order valence-electron chi connectivity index (χ3n) is 3.97. The van der Waals surface area contributed by atoms with E-state index in [1.54, 1.807) is 43.3 Å². The molecule has 2 aromatic carbocycles. The molecule has 1 aliphatic heterocycles. The Bertz CT molecular complexity index is 843. The van der Waals surface area contributed by atoms with E-state index in [-0.39, 0.29) is 23.1 Å². The molecular formula is C17H17NO4S. The lowest BCUT2D eigenvalue weighted by Gasteiger charge is -2.32. The fourth-order valence-corrected chi connectivity index (χ4v) is 4.27. The van der Waals surface area contributed by atoms with Gasteiger partial charge >= 0.3 is 0 Å². The zero-order valence-corrected chi connectivity index (χ0v) is 13.7. The first-order chi connectivity index (χ1) is 10.9. The molecule has 6 heteroatoms. The van der Waals surface area contributed by atoms with Crippen LogP contribution >= 0.6 is 0 Å². The summed E-state index contributed by atoms with van der Waals surface area (Å²) in [5.41, 5.74) is 0.884. The lowest BCUT2D eigenvalue weighted by atomic mass is 9.94. The molecule has 23 heavy (non-hydrogen) atoms. The van der Waals surface area contributed by atoms with Gasteiger partial charge < -0.3 is 4.74 Å². The predicted molar refractivity (Wildman–Crippen MR) is 87.5 cm³/mol. The molecular weight excluding hydrogens is 314 g/mol. The van der Waals surface area contributed by atoms with Gasteiger partial charge in [-0.3, -0.25) is 9.10 Å². The molecule has 0 saturated heterocycles. The number of ether oxygens (including phenoxy) is 1. The van der Waals surface area contributed by atoms with Crippen LogP contribution in [0, 0.1) is 5.92 Å². The molecule has 0 bridgehead atoms. The Morgan fingerprint density at radius 1 is 1.09 bits per heavy atom. The van der Waals surface area contributed by atoms with E-state index in [1.165, 1.54) is 23.5 Å². The number of ketones is 1. The van der Waals surface area contributed by atoms with E-state index in [1.807, 2.05) is 0 Å². The minimum absolute atomic E-state index is 0.0261. The highest BCUT2D eigenvalue weighted by Gasteiger charge is 2.35. The second-order valence-electron chi connectivity index (χ2n) is 5.49. The van der Waals surface area contributed by atoms with Crippen molar-refractivity contribution < 1.29 is 17.9 Å². The number of para-hydroxylation sites is 1. The molecule has 0 amide bonds. The molecule has 3 rings (SSSR count). The van der Waals surface area contributed by atoms with Crippen LogP contribution in [-0.4, -0.2) is 27.9 Å². The minimum Gasteiger partial charge on any atom is -0.497 e. The largest absolute Gasteiger partial charge is 0.497 e. The number of Topliss-reactive ketones (excluding diaryl/α,β-unsaturated/α-hetero) is 1. The van der Waals surface area contributed by atoms with Crippen molar-refractivity contribution >= 4 is 21.5 Å². The van der Waals surface area contributed by atoms with Gasteiger partial charge in [-0.15, -0.1) is 0 Å². The Morgan fingerprint density at radius 2 is 1.74 bits per heavy atom. The maximum Gasteiger partial charge on any atom is 0.264 e. The van der Waals surface area contributed by atoms with Gasteiger partial charge in [0, 0.05) is 18.0 Å². The van der Waals surface area contributed by atoms with E-state index in [0.717, 1.165) is 0 Å². The Labute approximate surface area is 135 Å². The number of rotatable bonds is 3. The molecule has 5 nitrogen and oxygen atoms in total. The van der Waals surface area contributed by atoms with Gasteiger partial charge in [0.15, 0.2) is 5.78 Å². The molecule has 2 aromatic rings. The average Bonchev–Trinajstić information content (AvgIpc) is 2.58. The number of methoxy groups -OCH3 is 1. The second kappa shape index (κ2) is 5.70. The number of sulfonamides is 1. The predicted octanol–water partition coefficient (Wildman–Crippen LogP) is 2.72. The Kier molecular flexibility index (Phi) is 3.85. The van der Waals surface area contributed by atoms with Crippen LogP contribution in [0.3, 0.4) is 0 Å². The van der Waals surface area contributed by atoms with Crippen LogP contribution in [0.1, 0.15) is 17.3 Å². The van der Waals surface area contributed by atoms with Gasteiger partial charge in [-0.05, 0) is 36.4 Å². The van der Waals surface area contributed by atoms with Crippen molar-refractivity contribution in [3.63, 3.8) is 0 Å². The van der Waals surface area contributed by atoms with Crippen LogP contribution in [0.15, 0.2) is 53.4 Å². The molecule has 0 aliphatic carbocycles. The summed E-state index contributed by atoms with van der Waals surface area (Å²) in [5.74, 6) is 0.186. The highest BCUT2D eigenvalue weighted by atomic mass is 32.2. The fraction of sp³-hybridized carbons (Fsp3) is 0.235. The van der Waals surface area contributed by atoms with E-state index in [2.05, 4.69) is 0 Å². The zero-order chi connectivity index (χ0) is 16.6. The van der Waals surface area contributed by atoms with Gasteiger partial charge in [-0.2, -0.15) is 0 Å². The first-order valence-corrected chi connectivity index (χ1v) is 8.69. The number of nitrogens with zero attached hydrogens (tertiary/aromatic N) is 1. The van der Waals surface area contributed by atoms with Crippen molar-refractivity contribution in [3.8, 4) is 5.75 Å². The number of fused-ring (bicyclic) bond motifs is 1. The van der Waals surface area contributed by atoms with Gasteiger partial charge in [0.25, 0.3) is 10.0 Å². The summed E-state index contributed by atoms with van der Waals surface area (Å²) in [5, 5.41) is 0. The molecule has 0 spiro atoms. The van der Waals surface area contributed by atoms with E-state index in [4.69, 9.17) is 4.74 Å². The summed E-state index contributed by atoms with van der Waals surface area (Å²) >= 11 is 0. The molecule has 0 aromatic heterocycles. The normalized spacial score (nSPS) is 17.7. The smallest absolute Gasteiger partial charge is 0.264 e. The molecule has 0 fully saturated rings. The van der Waals surface area contributed by atoms with Crippen molar-refractivity contribution in [2.45, 2.75) is 11.8 Å². The molecule has 120 valence electrons. The fourth-order valence-electron chi connectivity index (χ4n) is 2.70. The van der Waals surface area contributed by atoms with E-state index in [0.29, 0.717) is 17.0 Å². The van der Waals surface area contributed by atoms with Crippen LogP contribution in [0.2, 0.25) is 0 Å². The summed E-state index contributed by atoms with van der Waals surface area (Å²) in [6.07, 6.45) is 0. The highest BCUT2D eigenvalue weighted by Crippen LogP contribution is 2.34. The maximum atomic E-state index is 13.0. The Hall–Kier alpha value is -2.34. The van der Waals surface area contributed by atoms with Crippen molar-refractivity contribution in [1.29, 1.82) is 0 Å². The molecule has 0 saturated carbocycles. The average molecular weight is 331 g/mol. The number of carbonyl (C=O) groups excluding carboxylic acids is 1. The molecule has 1 atom stereocenters. The number of benzene rings is 2. The van der Waals surface area contributed by atoms with Crippen molar-refractivity contribution in [2.75, 3.05) is 18.0 Å². The molecule has 1 aliphatic rings. The minimum atomic E-state index is -3.73. The lowest BCUT2D eigenvalue weighted by molar-refractivity contribution is 0.0929. The van der Waals surface area contributed by atoms with Crippen LogP contribution in [0.5, 0.6) is 5.75 Å². The van der Waals surface area contributed by atoms with Crippen molar-refractivity contribution in [2.24, 2.45) is 5.92 Å². The number of anilines is 1. The standard InChI is InChI=1S/C17H17NO4S/c1-12-11-18(16-6-4-3-5-15(16)17(12)19)23(20,21)14-9-7-13(22-2)8-10-14/h3-10,12H,11H2,1-2H3. The van der Waals surface area contributed by atoms with Gasteiger partial charge in [-0.1, -0.05) is 19.1 Å². The molecule has 0 radical (unpaired) electrons. The van der Waals surface area contributed by atoms with Crippen LogP contribution < -0.4 is 9.04 Å². The van der Waals surface area contributed by atoms with E-state index in [9.17, 15) is 13.2 Å². The number of hydrogen-bond donors (Lipinski definition) is 0. The third kappa shape index (κ3) is 2.59. The number of hydrogen-bond acceptors (Lipinski definition) is 4. The summed E-state index contributed by atoms with van der Waals surface area (Å²) in [6.45, 7) is 1.89. The maximum absolute atomic E-state index is 13.0. The first kappa shape index (κ1) is 15.6. The second-order valence-corrected chi connectivity index (χ2v) is 7.36. The highest BCUT2D eigenvalue weighted by molar-refractivity contribution is 7.92. The number of carbonyl (C=O) groups is 1. The van der Waals surface area contributed by atoms with Crippen LogP contribution in [-0.2, 0) is 10.0 Å². The molecule has 1 heterocycles. The topological polar surface area (TPSA) is 63.7 Å². The quantitative estimate of drug-likeness (QED) is 0.867. The molecule has 1 unspecified atom stereocenters. The summed E-state index contributed by atoms with van der Waals surface area (Å²) in [7, 11) is -2.21. The van der Waals surface area contributed by atoms with E-state index < -0.39 is 10.0 Å². The van der Waals surface area contributed by atoms with Gasteiger partial charge in [0.2, 0.25) is 0 Å².